The molecule has 1 N–H and O–H groups in total. The van der Waals surface area contributed by atoms with Gasteiger partial charge < -0.3 is 10.1 Å². The topological polar surface area (TPSA) is 21.3 Å². The van der Waals surface area contributed by atoms with Crippen molar-refractivity contribution in [1.29, 1.82) is 0 Å². The van der Waals surface area contributed by atoms with E-state index < -0.39 is 0 Å². The van der Waals surface area contributed by atoms with Crippen LogP contribution in [0.5, 0.6) is 0 Å². The average Bonchev–Trinajstić information content (AvgIpc) is 3.07. The highest BCUT2D eigenvalue weighted by atomic mass is 127. The van der Waals surface area contributed by atoms with Gasteiger partial charge in [0.2, 0.25) is 0 Å². The third-order valence-electron chi connectivity index (χ3n) is 5.53. The summed E-state index contributed by atoms with van der Waals surface area (Å²) in [6, 6.07) is 9.14. The third kappa shape index (κ3) is 3.62. The molecule has 0 saturated heterocycles. The summed E-state index contributed by atoms with van der Waals surface area (Å²) in [5.41, 5.74) is 2.00. The van der Waals surface area contributed by atoms with Crippen molar-refractivity contribution >= 4 is 22.6 Å². The summed E-state index contributed by atoms with van der Waals surface area (Å²) in [6.45, 7) is 2.94. The Morgan fingerprint density at radius 1 is 1.29 bits per heavy atom. The molecule has 0 spiro atoms. The molecule has 116 valence electrons. The zero-order chi connectivity index (χ0) is 14.7. The molecule has 1 aromatic carbocycles. The largest absolute Gasteiger partial charge is 0.383 e. The highest BCUT2D eigenvalue weighted by Crippen LogP contribution is 2.57. The Labute approximate surface area is 142 Å². The van der Waals surface area contributed by atoms with Crippen LogP contribution in [0.2, 0.25) is 0 Å². The maximum Gasteiger partial charge on any atom is 0.0587 e. The molecule has 2 aliphatic carbocycles. The summed E-state index contributed by atoms with van der Waals surface area (Å²) >= 11 is 2.39. The van der Waals surface area contributed by atoms with Gasteiger partial charge in [0.1, 0.15) is 0 Å². The predicted octanol–water partition coefficient (Wildman–Crippen LogP) is 3.88. The van der Waals surface area contributed by atoms with Crippen LogP contribution in [-0.4, -0.2) is 26.8 Å². The molecule has 3 atom stereocenters. The summed E-state index contributed by atoms with van der Waals surface area (Å²) in [7, 11) is 1.78. The molecule has 0 heterocycles. The van der Waals surface area contributed by atoms with Crippen LogP contribution >= 0.6 is 22.6 Å². The fourth-order valence-corrected chi connectivity index (χ4v) is 4.93. The van der Waals surface area contributed by atoms with Gasteiger partial charge >= 0.3 is 0 Å². The number of halogens is 1. The van der Waals surface area contributed by atoms with Gasteiger partial charge in [0.25, 0.3) is 0 Å². The number of ether oxygens (including phenoxy) is 1. The normalized spacial score (nSPS) is 31.0. The highest BCUT2D eigenvalue weighted by Gasteiger charge is 2.50. The van der Waals surface area contributed by atoms with Gasteiger partial charge in [0.15, 0.2) is 0 Å². The Morgan fingerprint density at radius 2 is 2.10 bits per heavy atom. The molecule has 0 radical (unpaired) electrons. The summed E-state index contributed by atoms with van der Waals surface area (Å²) in [6.07, 6.45) is 7.04. The van der Waals surface area contributed by atoms with Gasteiger partial charge in [-0.15, -0.1) is 0 Å². The Balaban J connectivity index is 1.69. The molecule has 3 rings (SSSR count). The summed E-state index contributed by atoms with van der Waals surface area (Å²) in [5.74, 6) is 1.92. The minimum atomic E-state index is 0.490. The second kappa shape index (κ2) is 6.97. The molecule has 2 bridgehead atoms. The predicted molar refractivity (Wildman–Crippen MR) is 95.5 cm³/mol. The molecule has 0 aromatic heterocycles. The van der Waals surface area contributed by atoms with E-state index in [4.69, 9.17) is 4.74 Å². The lowest BCUT2D eigenvalue weighted by molar-refractivity contribution is 0.145. The van der Waals surface area contributed by atoms with Crippen molar-refractivity contribution in [3.05, 3.63) is 33.4 Å². The van der Waals surface area contributed by atoms with E-state index in [0.717, 1.165) is 31.5 Å². The molecule has 2 fully saturated rings. The number of hydrogen-bond acceptors (Lipinski definition) is 2. The number of benzene rings is 1. The minimum Gasteiger partial charge on any atom is -0.383 e. The molecule has 2 saturated carbocycles. The average molecular weight is 399 g/mol. The number of rotatable bonds is 7. The molecule has 1 aromatic rings. The molecule has 21 heavy (non-hydrogen) atoms. The standard InChI is InChI=1S/C18H26INO/c1-21-9-8-20-13-18(12-15-2-5-16(18)10-15)11-14-3-6-17(19)7-4-14/h3-4,6-7,15-16,20H,2,5,8-13H2,1H3. The van der Waals surface area contributed by atoms with Gasteiger partial charge in [0, 0.05) is 23.8 Å². The van der Waals surface area contributed by atoms with Crippen LogP contribution in [0, 0.1) is 20.8 Å². The molecule has 2 aliphatic rings. The fraction of sp³-hybridized carbons (Fsp3) is 0.667. The molecule has 3 unspecified atom stereocenters. The van der Waals surface area contributed by atoms with E-state index in [1.165, 1.54) is 41.2 Å². The maximum absolute atomic E-state index is 5.17. The van der Waals surface area contributed by atoms with E-state index in [9.17, 15) is 0 Å². The lowest BCUT2D eigenvalue weighted by Gasteiger charge is -2.38. The van der Waals surface area contributed by atoms with Gasteiger partial charge in [-0.1, -0.05) is 18.6 Å². The van der Waals surface area contributed by atoms with Crippen LogP contribution in [-0.2, 0) is 11.2 Å². The van der Waals surface area contributed by atoms with Gasteiger partial charge in [0.05, 0.1) is 6.61 Å². The number of fused-ring (bicyclic) bond motifs is 2. The highest BCUT2D eigenvalue weighted by molar-refractivity contribution is 14.1. The van der Waals surface area contributed by atoms with Crippen LogP contribution in [0.25, 0.3) is 0 Å². The van der Waals surface area contributed by atoms with Gasteiger partial charge in [-0.2, -0.15) is 0 Å². The molecular weight excluding hydrogens is 373 g/mol. The first-order chi connectivity index (χ1) is 10.2. The quantitative estimate of drug-likeness (QED) is 0.555. The lowest BCUT2D eigenvalue weighted by Crippen LogP contribution is -2.41. The van der Waals surface area contributed by atoms with Gasteiger partial charge in [-0.3, -0.25) is 0 Å². The van der Waals surface area contributed by atoms with Crippen molar-refractivity contribution in [3.8, 4) is 0 Å². The van der Waals surface area contributed by atoms with Crippen LogP contribution in [0.1, 0.15) is 31.2 Å². The molecule has 0 aliphatic heterocycles. The van der Waals surface area contributed by atoms with Crippen molar-refractivity contribution in [2.45, 2.75) is 32.1 Å². The summed E-state index contributed by atoms with van der Waals surface area (Å²) in [4.78, 5) is 0. The minimum absolute atomic E-state index is 0.490. The second-order valence-corrected chi connectivity index (χ2v) is 8.16. The van der Waals surface area contributed by atoms with Gasteiger partial charge in [-0.25, -0.2) is 0 Å². The van der Waals surface area contributed by atoms with E-state index in [2.05, 4.69) is 52.2 Å². The molecular formula is C18H26INO. The van der Waals surface area contributed by atoms with Gasteiger partial charge in [-0.05, 0) is 83.2 Å². The second-order valence-electron chi connectivity index (χ2n) is 6.92. The molecule has 3 heteroatoms. The van der Waals surface area contributed by atoms with Crippen LogP contribution < -0.4 is 5.32 Å². The molecule has 0 amide bonds. The van der Waals surface area contributed by atoms with Crippen molar-refractivity contribution in [3.63, 3.8) is 0 Å². The smallest absolute Gasteiger partial charge is 0.0587 e. The SMILES string of the molecule is COCCNCC1(Cc2ccc(I)cc2)CC2CCC1C2. The van der Waals surface area contributed by atoms with Crippen LogP contribution in [0.15, 0.2) is 24.3 Å². The first-order valence-electron chi connectivity index (χ1n) is 8.16. The number of methoxy groups -OCH3 is 1. The van der Waals surface area contributed by atoms with E-state index >= 15 is 0 Å². The van der Waals surface area contributed by atoms with Crippen molar-refractivity contribution in [1.82, 2.24) is 5.32 Å². The van der Waals surface area contributed by atoms with Crippen LogP contribution in [0.3, 0.4) is 0 Å². The fourth-order valence-electron chi connectivity index (χ4n) is 4.57. The first kappa shape index (κ1) is 15.8. The monoisotopic (exact) mass is 399 g/mol. The zero-order valence-electron chi connectivity index (χ0n) is 12.9. The van der Waals surface area contributed by atoms with E-state index in [1.807, 2.05) is 0 Å². The van der Waals surface area contributed by atoms with Crippen molar-refractivity contribution in [2.75, 3.05) is 26.8 Å². The lowest BCUT2D eigenvalue weighted by atomic mass is 9.69. The summed E-state index contributed by atoms with van der Waals surface area (Å²) in [5, 5.41) is 3.66. The van der Waals surface area contributed by atoms with Crippen molar-refractivity contribution in [2.24, 2.45) is 17.3 Å². The van der Waals surface area contributed by atoms with Crippen LogP contribution in [0.4, 0.5) is 0 Å². The number of nitrogens with one attached hydrogen (secondary N) is 1. The number of hydrogen-bond donors (Lipinski definition) is 1. The Bertz CT molecular complexity index is 461. The first-order valence-corrected chi connectivity index (χ1v) is 9.24. The summed E-state index contributed by atoms with van der Waals surface area (Å²) < 4.78 is 6.50. The Kier molecular flexibility index (Phi) is 5.23. The van der Waals surface area contributed by atoms with E-state index in [0.29, 0.717) is 5.41 Å². The van der Waals surface area contributed by atoms with Crippen molar-refractivity contribution < 1.29 is 4.74 Å². The van der Waals surface area contributed by atoms with E-state index in [-0.39, 0.29) is 0 Å². The Morgan fingerprint density at radius 3 is 2.71 bits per heavy atom. The van der Waals surface area contributed by atoms with E-state index in [1.54, 1.807) is 7.11 Å². The maximum atomic E-state index is 5.17. The third-order valence-corrected chi connectivity index (χ3v) is 6.25. The molecule has 2 nitrogen and oxygen atoms in total. The zero-order valence-corrected chi connectivity index (χ0v) is 15.1. The Hall–Kier alpha value is -0.130.